The van der Waals surface area contributed by atoms with Crippen LogP contribution in [0.15, 0.2) is 18.2 Å². The Morgan fingerprint density at radius 2 is 2.08 bits per heavy atom. The molecule has 2 aromatic rings. The van der Waals surface area contributed by atoms with E-state index in [0.717, 1.165) is 6.07 Å². The summed E-state index contributed by atoms with van der Waals surface area (Å²) in [6.45, 7) is 1.22. The number of ketones is 1. The first-order valence-corrected chi connectivity index (χ1v) is 7.24. The Labute approximate surface area is 138 Å². The summed E-state index contributed by atoms with van der Waals surface area (Å²) in [6.07, 6.45) is 0.483. The Morgan fingerprint density at radius 1 is 1.38 bits per heavy atom. The first kappa shape index (κ1) is 17.5. The van der Waals surface area contributed by atoms with Crippen molar-refractivity contribution < 1.29 is 23.5 Å². The zero-order chi connectivity index (χ0) is 17.9. The topological polar surface area (TPSA) is 96.4 Å². The predicted molar refractivity (Wildman–Crippen MR) is 84.6 cm³/mol. The summed E-state index contributed by atoms with van der Waals surface area (Å²) in [7, 11) is 2.99. The number of aromatic nitrogens is 2. The monoisotopic (exact) mass is 335 g/mol. The molecule has 0 saturated carbocycles. The number of halogens is 1. The molecule has 0 saturated heterocycles. The second-order valence-corrected chi connectivity index (χ2v) is 5.03. The van der Waals surface area contributed by atoms with Crippen LogP contribution in [-0.2, 0) is 18.2 Å². The van der Waals surface area contributed by atoms with Crippen LogP contribution in [0.25, 0.3) is 0 Å². The zero-order valence-electron chi connectivity index (χ0n) is 13.6. The molecule has 7 nitrogen and oxygen atoms in total. The molecule has 0 atom stereocenters. The van der Waals surface area contributed by atoms with Crippen LogP contribution in [-0.4, -0.2) is 35.2 Å². The van der Waals surface area contributed by atoms with Crippen molar-refractivity contribution in [3.8, 4) is 5.75 Å². The molecule has 1 aromatic heterocycles. The smallest absolute Gasteiger partial charge is 0.344 e. The second-order valence-electron chi connectivity index (χ2n) is 5.03. The summed E-state index contributed by atoms with van der Waals surface area (Å²) in [4.78, 5) is 24.2. The van der Waals surface area contributed by atoms with Gasteiger partial charge in [-0.2, -0.15) is 5.10 Å². The molecule has 2 N–H and O–H groups in total. The van der Waals surface area contributed by atoms with Crippen molar-refractivity contribution in [2.75, 3.05) is 19.5 Å². The zero-order valence-corrected chi connectivity index (χ0v) is 13.6. The second kappa shape index (κ2) is 7.12. The minimum Gasteiger partial charge on any atom is -0.497 e. The van der Waals surface area contributed by atoms with Crippen LogP contribution in [0.4, 0.5) is 10.2 Å². The van der Waals surface area contributed by atoms with Gasteiger partial charge in [0.1, 0.15) is 22.9 Å². The number of hydrogen-bond acceptors (Lipinski definition) is 6. The van der Waals surface area contributed by atoms with Gasteiger partial charge in [-0.25, -0.2) is 9.18 Å². The molecule has 0 aliphatic rings. The Balaban J connectivity index is 2.11. The number of Topliss-reactive ketones (excluding diaryl/α,β-unsaturated/α-hetero) is 1. The highest BCUT2D eigenvalue weighted by Gasteiger charge is 2.23. The van der Waals surface area contributed by atoms with E-state index < -0.39 is 24.2 Å². The van der Waals surface area contributed by atoms with E-state index in [-0.39, 0.29) is 22.7 Å². The van der Waals surface area contributed by atoms with Crippen LogP contribution in [0.5, 0.6) is 5.75 Å². The molecule has 0 bridgehead atoms. The lowest BCUT2D eigenvalue weighted by atomic mass is 10.1. The quantitative estimate of drug-likeness (QED) is 0.638. The van der Waals surface area contributed by atoms with Crippen molar-refractivity contribution in [1.29, 1.82) is 0 Å². The van der Waals surface area contributed by atoms with Crippen molar-refractivity contribution in [2.45, 2.75) is 13.3 Å². The number of nitrogens with two attached hydrogens (primary N) is 1. The molecule has 128 valence electrons. The highest BCUT2D eigenvalue weighted by Crippen LogP contribution is 2.19. The fourth-order valence-corrected chi connectivity index (χ4v) is 2.19. The number of hydrogen-bond donors (Lipinski definition) is 1. The summed E-state index contributed by atoms with van der Waals surface area (Å²) in [5, 5.41) is 4.10. The fraction of sp³-hybridized carbons (Fsp3) is 0.312. The van der Waals surface area contributed by atoms with E-state index in [0.29, 0.717) is 12.1 Å². The third kappa shape index (κ3) is 3.37. The lowest BCUT2D eigenvalue weighted by Gasteiger charge is -2.07. The van der Waals surface area contributed by atoms with Crippen molar-refractivity contribution >= 4 is 17.6 Å². The highest BCUT2D eigenvalue weighted by molar-refractivity contribution is 6.01. The summed E-state index contributed by atoms with van der Waals surface area (Å²) < 4.78 is 25.0. The normalized spacial score (nSPS) is 10.5. The largest absolute Gasteiger partial charge is 0.497 e. The number of benzene rings is 1. The van der Waals surface area contributed by atoms with Crippen LogP contribution in [0.2, 0.25) is 0 Å². The SMILES string of the molecule is CCc1nn(C)c(N)c1C(=O)OCC(=O)c1ccc(OC)cc1F. The van der Waals surface area contributed by atoms with Crippen molar-refractivity contribution in [3.05, 3.63) is 40.8 Å². The molecule has 1 heterocycles. The van der Waals surface area contributed by atoms with Gasteiger partial charge in [0, 0.05) is 13.1 Å². The average Bonchev–Trinajstić information content (AvgIpc) is 2.86. The molecule has 1 aromatic carbocycles. The Hall–Kier alpha value is -2.90. The molecule has 0 aliphatic heterocycles. The van der Waals surface area contributed by atoms with E-state index in [9.17, 15) is 14.0 Å². The minimum absolute atomic E-state index is 0.128. The maximum atomic E-state index is 13.8. The third-order valence-electron chi connectivity index (χ3n) is 3.51. The van der Waals surface area contributed by atoms with Crippen LogP contribution in [0, 0.1) is 5.82 Å². The molecule has 2 rings (SSSR count). The lowest BCUT2D eigenvalue weighted by molar-refractivity contribution is 0.0473. The molecule has 0 fully saturated rings. The molecule has 8 heteroatoms. The van der Waals surface area contributed by atoms with E-state index in [1.165, 1.54) is 23.9 Å². The first-order chi connectivity index (χ1) is 11.4. The van der Waals surface area contributed by atoms with Gasteiger partial charge in [-0.3, -0.25) is 9.48 Å². The fourth-order valence-electron chi connectivity index (χ4n) is 2.19. The number of nitrogen functional groups attached to an aromatic ring is 1. The van der Waals surface area contributed by atoms with Crippen LogP contribution in [0.1, 0.15) is 33.3 Å². The molecule has 0 amide bonds. The van der Waals surface area contributed by atoms with Gasteiger partial charge >= 0.3 is 5.97 Å². The molecular weight excluding hydrogens is 317 g/mol. The number of rotatable bonds is 6. The minimum atomic E-state index is -0.764. The molecule has 24 heavy (non-hydrogen) atoms. The highest BCUT2D eigenvalue weighted by atomic mass is 19.1. The van der Waals surface area contributed by atoms with Gasteiger partial charge in [0.25, 0.3) is 0 Å². The van der Waals surface area contributed by atoms with Crippen LogP contribution < -0.4 is 10.5 Å². The average molecular weight is 335 g/mol. The number of esters is 1. The van der Waals surface area contributed by atoms with E-state index in [2.05, 4.69) is 5.10 Å². The number of methoxy groups -OCH3 is 1. The Morgan fingerprint density at radius 3 is 2.67 bits per heavy atom. The van der Waals surface area contributed by atoms with E-state index in [1.54, 1.807) is 7.05 Å². The van der Waals surface area contributed by atoms with Crippen molar-refractivity contribution in [3.63, 3.8) is 0 Å². The van der Waals surface area contributed by atoms with E-state index in [1.807, 2.05) is 6.92 Å². The van der Waals surface area contributed by atoms with Crippen molar-refractivity contribution in [1.82, 2.24) is 9.78 Å². The van der Waals surface area contributed by atoms with Crippen LogP contribution in [0.3, 0.4) is 0 Å². The van der Waals surface area contributed by atoms with Gasteiger partial charge < -0.3 is 15.2 Å². The van der Waals surface area contributed by atoms with Crippen LogP contribution >= 0.6 is 0 Å². The van der Waals surface area contributed by atoms with E-state index >= 15 is 0 Å². The number of aryl methyl sites for hydroxylation is 2. The summed E-state index contributed by atoms with van der Waals surface area (Å²) >= 11 is 0. The molecular formula is C16H18FN3O4. The summed E-state index contributed by atoms with van der Waals surface area (Å²) in [5.41, 5.74) is 6.22. The Kier molecular flexibility index (Phi) is 5.18. The van der Waals surface area contributed by atoms with Gasteiger partial charge in [-0.1, -0.05) is 6.92 Å². The number of carbonyl (C=O) groups is 2. The van der Waals surface area contributed by atoms with Gasteiger partial charge in [-0.15, -0.1) is 0 Å². The molecule has 0 unspecified atom stereocenters. The summed E-state index contributed by atoms with van der Waals surface area (Å²) in [6, 6.07) is 3.82. The number of carbonyl (C=O) groups excluding carboxylic acids is 2. The number of nitrogens with zero attached hydrogens (tertiary/aromatic N) is 2. The number of ether oxygens (including phenoxy) is 2. The standard InChI is InChI=1S/C16H18FN3O4/c1-4-12-14(15(18)20(2)19-12)16(22)24-8-13(21)10-6-5-9(23-3)7-11(10)17/h5-7H,4,8,18H2,1-3H3. The van der Waals surface area contributed by atoms with Gasteiger partial charge in [-0.05, 0) is 18.6 Å². The predicted octanol–water partition coefficient (Wildman–Crippen LogP) is 1.75. The van der Waals surface area contributed by atoms with Gasteiger partial charge in [0.15, 0.2) is 6.61 Å². The molecule has 0 radical (unpaired) electrons. The molecule has 0 spiro atoms. The van der Waals surface area contributed by atoms with Gasteiger partial charge in [0.2, 0.25) is 5.78 Å². The summed E-state index contributed by atoms with van der Waals surface area (Å²) in [5.74, 6) is -1.73. The van der Waals surface area contributed by atoms with Crippen molar-refractivity contribution in [2.24, 2.45) is 7.05 Å². The Bertz CT molecular complexity index is 786. The third-order valence-corrected chi connectivity index (χ3v) is 3.51. The maximum Gasteiger partial charge on any atom is 0.344 e. The molecule has 0 aliphatic carbocycles. The lowest BCUT2D eigenvalue weighted by Crippen LogP contribution is -2.17. The number of anilines is 1. The van der Waals surface area contributed by atoms with Gasteiger partial charge in [0.05, 0.1) is 18.4 Å². The van der Waals surface area contributed by atoms with E-state index in [4.69, 9.17) is 15.2 Å². The maximum absolute atomic E-state index is 13.8. The first-order valence-electron chi connectivity index (χ1n) is 7.24.